The van der Waals surface area contributed by atoms with Crippen LogP contribution in [-0.2, 0) is 23.9 Å². The van der Waals surface area contributed by atoms with E-state index in [0.717, 1.165) is 25.7 Å². The molecule has 0 aromatic carbocycles. The quantitative estimate of drug-likeness (QED) is 0.574. The van der Waals surface area contributed by atoms with Crippen LogP contribution in [0.2, 0.25) is 0 Å². The molecule has 2 aliphatic heterocycles. The van der Waals surface area contributed by atoms with E-state index in [1.54, 1.807) is 0 Å². The van der Waals surface area contributed by atoms with Gasteiger partial charge in [0, 0.05) is 5.92 Å². The molecule has 0 aromatic heterocycles. The van der Waals surface area contributed by atoms with Crippen LogP contribution < -0.4 is 0 Å². The SMILES string of the molecule is O=C1OC(=O)C2CC(C3CCC4C(O)OC(=O)C4C3)CCC12. The highest BCUT2D eigenvalue weighted by molar-refractivity contribution is 5.96. The Balaban J connectivity index is 1.44. The van der Waals surface area contributed by atoms with Crippen molar-refractivity contribution in [3.05, 3.63) is 0 Å². The molecule has 4 fully saturated rings. The molecule has 2 aliphatic carbocycles. The molecule has 2 heterocycles. The summed E-state index contributed by atoms with van der Waals surface area (Å²) in [6.07, 6.45) is 3.81. The smallest absolute Gasteiger partial charge is 0.317 e. The number of aliphatic hydroxyl groups excluding tert-OH is 1. The summed E-state index contributed by atoms with van der Waals surface area (Å²) in [5, 5.41) is 9.74. The zero-order valence-corrected chi connectivity index (χ0v) is 12.3. The minimum Gasteiger partial charge on any atom is -0.435 e. The number of carbonyl (C=O) groups excluding carboxylic acids is 3. The summed E-state index contributed by atoms with van der Waals surface area (Å²) in [5.74, 6) is -1.12. The fourth-order valence-corrected chi connectivity index (χ4v) is 4.99. The summed E-state index contributed by atoms with van der Waals surface area (Å²) in [6.45, 7) is 0. The number of esters is 3. The first-order valence-corrected chi connectivity index (χ1v) is 8.18. The first-order valence-electron chi connectivity index (χ1n) is 8.18. The van der Waals surface area contributed by atoms with Crippen LogP contribution in [0.3, 0.4) is 0 Å². The predicted molar refractivity (Wildman–Crippen MR) is 71.8 cm³/mol. The molecule has 120 valence electrons. The molecule has 2 saturated heterocycles. The Morgan fingerprint density at radius 2 is 1.41 bits per heavy atom. The van der Waals surface area contributed by atoms with E-state index in [0.29, 0.717) is 24.7 Å². The van der Waals surface area contributed by atoms with Crippen LogP contribution in [0, 0.1) is 35.5 Å². The van der Waals surface area contributed by atoms with Gasteiger partial charge < -0.3 is 14.6 Å². The Kier molecular flexibility index (Phi) is 3.25. The van der Waals surface area contributed by atoms with E-state index in [1.807, 2.05) is 0 Å². The van der Waals surface area contributed by atoms with Gasteiger partial charge in [0.05, 0.1) is 17.8 Å². The highest BCUT2D eigenvalue weighted by Gasteiger charge is 2.52. The van der Waals surface area contributed by atoms with Crippen molar-refractivity contribution in [1.82, 2.24) is 0 Å². The first-order chi connectivity index (χ1) is 10.5. The monoisotopic (exact) mass is 308 g/mol. The summed E-state index contributed by atoms with van der Waals surface area (Å²) >= 11 is 0. The maximum absolute atomic E-state index is 11.8. The van der Waals surface area contributed by atoms with E-state index in [2.05, 4.69) is 0 Å². The van der Waals surface area contributed by atoms with Crippen molar-refractivity contribution in [1.29, 1.82) is 0 Å². The van der Waals surface area contributed by atoms with Crippen LogP contribution in [0.15, 0.2) is 0 Å². The molecule has 4 aliphatic rings. The maximum Gasteiger partial charge on any atom is 0.317 e. The van der Waals surface area contributed by atoms with Crippen LogP contribution >= 0.6 is 0 Å². The van der Waals surface area contributed by atoms with Gasteiger partial charge in [0.2, 0.25) is 6.29 Å². The summed E-state index contributed by atoms with van der Waals surface area (Å²) in [7, 11) is 0. The molecule has 4 rings (SSSR count). The van der Waals surface area contributed by atoms with Crippen molar-refractivity contribution in [3.8, 4) is 0 Å². The lowest BCUT2D eigenvalue weighted by Crippen LogP contribution is -2.36. The van der Waals surface area contributed by atoms with E-state index in [-0.39, 0.29) is 41.6 Å². The van der Waals surface area contributed by atoms with Gasteiger partial charge >= 0.3 is 17.9 Å². The van der Waals surface area contributed by atoms with Crippen LogP contribution in [0.25, 0.3) is 0 Å². The summed E-state index contributed by atoms with van der Waals surface area (Å²) in [5.41, 5.74) is 0. The van der Waals surface area contributed by atoms with Gasteiger partial charge in [-0.25, -0.2) is 0 Å². The Morgan fingerprint density at radius 3 is 2.18 bits per heavy atom. The standard InChI is InChI=1S/C16H20O6/c17-13-9-3-1-7(5-11(9)15(19)21-13)8-2-4-10-12(6-8)16(20)22-14(10)18/h7-13,17H,1-6H2. The molecular weight excluding hydrogens is 288 g/mol. The average Bonchev–Trinajstić information content (AvgIpc) is 2.96. The molecule has 7 unspecified atom stereocenters. The van der Waals surface area contributed by atoms with Crippen LogP contribution in [0.4, 0.5) is 0 Å². The zero-order chi connectivity index (χ0) is 15.4. The van der Waals surface area contributed by atoms with Gasteiger partial charge in [-0.15, -0.1) is 0 Å². The van der Waals surface area contributed by atoms with Gasteiger partial charge in [-0.2, -0.15) is 0 Å². The fourth-order valence-electron chi connectivity index (χ4n) is 4.99. The second-order valence-electron chi connectivity index (χ2n) is 7.20. The van der Waals surface area contributed by atoms with E-state index in [4.69, 9.17) is 9.47 Å². The van der Waals surface area contributed by atoms with Crippen LogP contribution in [0.1, 0.15) is 38.5 Å². The molecule has 1 N–H and O–H groups in total. The highest BCUT2D eigenvalue weighted by Crippen LogP contribution is 2.49. The Hall–Kier alpha value is -1.43. The van der Waals surface area contributed by atoms with Crippen molar-refractivity contribution in [2.24, 2.45) is 35.5 Å². The number of ether oxygens (including phenoxy) is 2. The Labute approximate surface area is 128 Å². The van der Waals surface area contributed by atoms with Crippen LogP contribution in [-0.4, -0.2) is 29.3 Å². The Bertz CT molecular complexity index is 529. The van der Waals surface area contributed by atoms with Crippen LogP contribution in [0.5, 0.6) is 0 Å². The van der Waals surface area contributed by atoms with Gasteiger partial charge in [0.1, 0.15) is 0 Å². The molecule has 0 bridgehead atoms. The van der Waals surface area contributed by atoms with Crippen molar-refractivity contribution in [2.75, 3.05) is 0 Å². The van der Waals surface area contributed by atoms with Gasteiger partial charge in [-0.1, -0.05) is 0 Å². The second kappa shape index (κ2) is 5.05. The van der Waals surface area contributed by atoms with Gasteiger partial charge in [-0.3, -0.25) is 14.4 Å². The van der Waals surface area contributed by atoms with Gasteiger partial charge in [0.25, 0.3) is 0 Å². The van der Waals surface area contributed by atoms with Crippen molar-refractivity contribution < 1.29 is 29.0 Å². The third-order valence-electron chi connectivity index (χ3n) is 6.21. The number of fused-ring (bicyclic) bond motifs is 2. The second-order valence-corrected chi connectivity index (χ2v) is 7.20. The summed E-state index contributed by atoms with van der Waals surface area (Å²) < 4.78 is 9.70. The number of hydrogen-bond acceptors (Lipinski definition) is 6. The van der Waals surface area contributed by atoms with Gasteiger partial charge in [-0.05, 0) is 50.4 Å². The third-order valence-corrected chi connectivity index (χ3v) is 6.21. The number of rotatable bonds is 1. The lowest BCUT2D eigenvalue weighted by molar-refractivity contribution is -0.157. The summed E-state index contributed by atoms with van der Waals surface area (Å²) in [6, 6.07) is 0. The molecule has 22 heavy (non-hydrogen) atoms. The van der Waals surface area contributed by atoms with Crippen molar-refractivity contribution >= 4 is 17.9 Å². The highest BCUT2D eigenvalue weighted by atomic mass is 16.6. The molecule has 7 atom stereocenters. The van der Waals surface area contributed by atoms with Gasteiger partial charge in [0.15, 0.2) is 0 Å². The molecule has 0 amide bonds. The minimum atomic E-state index is -0.948. The minimum absolute atomic E-state index is 0.0712. The molecule has 0 aromatic rings. The predicted octanol–water partition coefficient (Wildman–Crippen LogP) is 1.01. The largest absolute Gasteiger partial charge is 0.435 e. The third kappa shape index (κ3) is 2.07. The van der Waals surface area contributed by atoms with E-state index < -0.39 is 6.29 Å². The maximum atomic E-state index is 11.8. The van der Waals surface area contributed by atoms with E-state index in [1.165, 1.54) is 0 Å². The number of carbonyl (C=O) groups is 3. The summed E-state index contributed by atoms with van der Waals surface area (Å²) in [4.78, 5) is 35.2. The molecule has 6 heteroatoms. The lowest BCUT2D eigenvalue weighted by atomic mass is 9.64. The lowest BCUT2D eigenvalue weighted by Gasteiger charge is -2.38. The van der Waals surface area contributed by atoms with E-state index in [9.17, 15) is 19.5 Å². The number of hydrogen-bond donors (Lipinski definition) is 1. The number of aliphatic hydroxyl groups is 1. The molecule has 0 radical (unpaired) electrons. The Morgan fingerprint density at radius 1 is 0.773 bits per heavy atom. The van der Waals surface area contributed by atoms with Crippen molar-refractivity contribution in [3.63, 3.8) is 0 Å². The van der Waals surface area contributed by atoms with E-state index >= 15 is 0 Å². The first kappa shape index (κ1) is 14.2. The molecule has 6 nitrogen and oxygen atoms in total. The number of cyclic esters (lactones) is 3. The molecule has 2 saturated carbocycles. The molecular formula is C16H20O6. The normalized spacial score (nSPS) is 47.7. The molecule has 0 spiro atoms. The topological polar surface area (TPSA) is 89.9 Å². The van der Waals surface area contributed by atoms with Crippen molar-refractivity contribution in [2.45, 2.75) is 44.8 Å². The fraction of sp³-hybridized carbons (Fsp3) is 0.812. The zero-order valence-electron chi connectivity index (χ0n) is 12.3. The average molecular weight is 308 g/mol.